The van der Waals surface area contributed by atoms with Gasteiger partial charge in [0, 0.05) is 11.8 Å². The highest BCUT2D eigenvalue weighted by molar-refractivity contribution is 6.09. The number of anilines is 1. The molecule has 1 amide bonds. The molecule has 0 unspecified atom stereocenters. The third kappa shape index (κ3) is 4.69. The zero-order valence-electron chi connectivity index (χ0n) is 13.8. The quantitative estimate of drug-likeness (QED) is 0.515. The Kier molecular flexibility index (Phi) is 5.91. The Morgan fingerprint density at radius 2 is 1.84 bits per heavy atom. The summed E-state index contributed by atoms with van der Waals surface area (Å²) < 4.78 is 9.71. The van der Waals surface area contributed by atoms with E-state index in [2.05, 4.69) is 10.1 Å². The minimum atomic E-state index is -0.534. The van der Waals surface area contributed by atoms with Crippen LogP contribution in [0.15, 0.2) is 54.1 Å². The molecule has 25 heavy (non-hydrogen) atoms. The van der Waals surface area contributed by atoms with Crippen LogP contribution in [-0.4, -0.2) is 26.1 Å². The van der Waals surface area contributed by atoms with Crippen LogP contribution < -0.4 is 10.1 Å². The first kappa shape index (κ1) is 17.8. The van der Waals surface area contributed by atoms with Crippen molar-refractivity contribution >= 4 is 23.6 Å². The molecule has 6 heteroatoms. The Morgan fingerprint density at radius 3 is 2.44 bits per heavy atom. The normalized spacial score (nSPS) is 10.5. The first-order chi connectivity index (χ1) is 12.1. The molecule has 0 saturated heterocycles. The van der Waals surface area contributed by atoms with Gasteiger partial charge in [0.15, 0.2) is 0 Å². The molecule has 0 spiro atoms. The van der Waals surface area contributed by atoms with E-state index in [1.165, 1.54) is 20.3 Å². The lowest BCUT2D eigenvalue weighted by molar-refractivity contribution is -0.112. The van der Waals surface area contributed by atoms with Gasteiger partial charge in [0.05, 0.1) is 19.8 Å². The smallest absolute Gasteiger partial charge is 0.337 e. The summed E-state index contributed by atoms with van der Waals surface area (Å²) in [5.41, 5.74) is 1.46. The van der Waals surface area contributed by atoms with Crippen molar-refractivity contribution in [2.45, 2.75) is 0 Å². The molecule has 0 fully saturated rings. The Labute approximate surface area is 145 Å². The number of nitriles is 1. The summed E-state index contributed by atoms with van der Waals surface area (Å²) in [6, 6.07) is 15.1. The van der Waals surface area contributed by atoms with Crippen LogP contribution in [-0.2, 0) is 9.53 Å². The summed E-state index contributed by atoms with van der Waals surface area (Å²) in [6.45, 7) is 0. The van der Waals surface area contributed by atoms with Crippen molar-refractivity contribution in [3.8, 4) is 11.8 Å². The number of methoxy groups -OCH3 is 2. The van der Waals surface area contributed by atoms with Gasteiger partial charge in [-0.3, -0.25) is 4.79 Å². The molecule has 0 saturated carbocycles. The minimum absolute atomic E-state index is 0.0614. The topological polar surface area (TPSA) is 88.4 Å². The molecule has 0 aliphatic carbocycles. The molecule has 0 radical (unpaired) electrons. The average Bonchev–Trinajstić information content (AvgIpc) is 2.65. The SMILES string of the molecule is COC(=O)c1ccc(/C=C(/C#N)C(=O)Nc2cccc(OC)c2)cc1. The molecule has 0 heterocycles. The molecule has 0 aliphatic rings. The van der Waals surface area contributed by atoms with E-state index in [1.54, 1.807) is 48.5 Å². The van der Waals surface area contributed by atoms with Crippen molar-refractivity contribution in [3.05, 3.63) is 65.2 Å². The number of amides is 1. The van der Waals surface area contributed by atoms with Gasteiger partial charge in [0.2, 0.25) is 0 Å². The van der Waals surface area contributed by atoms with Crippen molar-refractivity contribution < 1.29 is 19.1 Å². The number of ether oxygens (including phenoxy) is 2. The molecule has 6 nitrogen and oxygen atoms in total. The van der Waals surface area contributed by atoms with Gasteiger partial charge in [0.25, 0.3) is 5.91 Å². The maximum absolute atomic E-state index is 12.3. The number of rotatable bonds is 5. The van der Waals surface area contributed by atoms with Crippen molar-refractivity contribution in [2.24, 2.45) is 0 Å². The van der Waals surface area contributed by atoms with Gasteiger partial charge in [0.1, 0.15) is 17.4 Å². The number of benzene rings is 2. The monoisotopic (exact) mass is 336 g/mol. The second-order valence-corrected chi connectivity index (χ2v) is 4.97. The molecule has 0 aromatic heterocycles. The summed E-state index contributed by atoms with van der Waals surface area (Å²) >= 11 is 0. The van der Waals surface area contributed by atoms with E-state index in [0.29, 0.717) is 22.6 Å². The summed E-state index contributed by atoms with van der Waals surface area (Å²) in [5.74, 6) is -0.390. The highest BCUT2D eigenvalue weighted by Crippen LogP contribution is 2.18. The lowest BCUT2D eigenvalue weighted by Gasteiger charge is -2.06. The van der Waals surface area contributed by atoms with Gasteiger partial charge in [-0.15, -0.1) is 0 Å². The fraction of sp³-hybridized carbons (Fsp3) is 0.105. The number of nitrogens with zero attached hydrogens (tertiary/aromatic N) is 1. The van der Waals surface area contributed by atoms with Gasteiger partial charge in [-0.25, -0.2) is 4.79 Å². The molecule has 0 atom stereocenters. The number of carbonyl (C=O) groups excluding carboxylic acids is 2. The predicted molar refractivity (Wildman–Crippen MR) is 93.0 cm³/mol. The van der Waals surface area contributed by atoms with Gasteiger partial charge in [-0.1, -0.05) is 18.2 Å². The largest absolute Gasteiger partial charge is 0.497 e. The van der Waals surface area contributed by atoms with E-state index in [-0.39, 0.29) is 5.57 Å². The molecule has 2 aromatic carbocycles. The summed E-state index contributed by atoms with van der Waals surface area (Å²) in [5, 5.41) is 11.9. The van der Waals surface area contributed by atoms with Crippen LogP contribution in [0, 0.1) is 11.3 Å². The zero-order valence-corrected chi connectivity index (χ0v) is 13.8. The fourth-order valence-electron chi connectivity index (χ4n) is 2.05. The van der Waals surface area contributed by atoms with Crippen molar-refractivity contribution in [2.75, 3.05) is 19.5 Å². The van der Waals surface area contributed by atoms with Crippen LogP contribution in [0.4, 0.5) is 5.69 Å². The van der Waals surface area contributed by atoms with Gasteiger partial charge in [-0.2, -0.15) is 5.26 Å². The molecule has 0 aliphatic heterocycles. The first-order valence-electron chi connectivity index (χ1n) is 7.33. The van der Waals surface area contributed by atoms with E-state index in [1.807, 2.05) is 6.07 Å². The molecule has 2 aromatic rings. The first-order valence-corrected chi connectivity index (χ1v) is 7.33. The van der Waals surface area contributed by atoms with Gasteiger partial charge < -0.3 is 14.8 Å². The molecule has 0 bridgehead atoms. The van der Waals surface area contributed by atoms with E-state index in [9.17, 15) is 14.9 Å². The Morgan fingerprint density at radius 1 is 1.12 bits per heavy atom. The maximum Gasteiger partial charge on any atom is 0.337 e. The third-order valence-electron chi connectivity index (χ3n) is 3.34. The molecule has 2 rings (SSSR count). The predicted octanol–water partition coefficient (Wildman–Crippen LogP) is 3.03. The number of hydrogen-bond acceptors (Lipinski definition) is 5. The molecular formula is C19H16N2O4. The summed E-state index contributed by atoms with van der Waals surface area (Å²) in [7, 11) is 2.83. The Balaban J connectivity index is 2.17. The molecular weight excluding hydrogens is 320 g/mol. The number of carbonyl (C=O) groups is 2. The molecule has 1 N–H and O–H groups in total. The van der Waals surface area contributed by atoms with Crippen LogP contribution in [0.2, 0.25) is 0 Å². The van der Waals surface area contributed by atoms with Crippen LogP contribution >= 0.6 is 0 Å². The van der Waals surface area contributed by atoms with Crippen LogP contribution in [0.5, 0.6) is 5.75 Å². The minimum Gasteiger partial charge on any atom is -0.497 e. The molecule has 126 valence electrons. The third-order valence-corrected chi connectivity index (χ3v) is 3.34. The lowest BCUT2D eigenvalue weighted by Crippen LogP contribution is -2.13. The van der Waals surface area contributed by atoms with Gasteiger partial charge >= 0.3 is 5.97 Å². The fourth-order valence-corrected chi connectivity index (χ4v) is 2.05. The van der Waals surface area contributed by atoms with E-state index < -0.39 is 11.9 Å². The van der Waals surface area contributed by atoms with Gasteiger partial charge in [-0.05, 0) is 35.9 Å². The number of nitrogens with one attached hydrogen (secondary N) is 1. The standard InChI is InChI=1S/C19H16N2O4/c1-24-17-5-3-4-16(11-17)21-18(22)15(12-20)10-13-6-8-14(9-7-13)19(23)25-2/h3-11H,1-2H3,(H,21,22)/b15-10-. The zero-order chi connectivity index (χ0) is 18.2. The second-order valence-electron chi connectivity index (χ2n) is 4.97. The van der Waals surface area contributed by atoms with E-state index in [4.69, 9.17) is 4.74 Å². The Hall–Kier alpha value is -3.59. The van der Waals surface area contributed by atoms with Crippen molar-refractivity contribution in [1.82, 2.24) is 0 Å². The average molecular weight is 336 g/mol. The van der Waals surface area contributed by atoms with Crippen LogP contribution in [0.25, 0.3) is 6.08 Å². The maximum atomic E-state index is 12.3. The summed E-state index contributed by atoms with van der Waals surface area (Å²) in [4.78, 5) is 23.7. The van der Waals surface area contributed by atoms with E-state index in [0.717, 1.165) is 0 Å². The highest BCUT2D eigenvalue weighted by atomic mass is 16.5. The Bertz CT molecular complexity index is 848. The number of esters is 1. The van der Waals surface area contributed by atoms with E-state index >= 15 is 0 Å². The van der Waals surface area contributed by atoms with Crippen molar-refractivity contribution in [3.63, 3.8) is 0 Å². The number of hydrogen-bond donors (Lipinski definition) is 1. The van der Waals surface area contributed by atoms with Crippen LogP contribution in [0.3, 0.4) is 0 Å². The second kappa shape index (κ2) is 8.31. The lowest BCUT2D eigenvalue weighted by atomic mass is 10.1. The van der Waals surface area contributed by atoms with Crippen molar-refractivity contribution in [1.29, 1.82) is 5.26 Å². The van der Waals surface area contributed by atoms with Crippen LogP contribution in [0.1, 0.15) is 15.9 Å². The highest BCUT2D eigenvalue weighted by Gasteiger charge is 2.10. The summed E-state index contributed by atoms with van der Waals surface area (Å²) in [6.07, 6.45) is 1.44.